The minimum absolute atomic E-state index is 0.00974. The lowest BCUT2D eigenvalue weighted by atomic mass is 9.70. The number of allylic oxidation sites excluding steroid dienone is 2. The molecule has 0 aromatic rings. The fraction of sp³-hybridized carbons (Fsp3) is 0.880. The fourth-order valence-corrected chi connectivity index (χ4v) is 6.80. The summed E-state index contributed by atoms with van der Waals surface area (Å²) in [5.41, 5.74) is 0.911. The molecule has 5 heteroatoms. The number of nitrogens with zero attached hydrogens (tertiary/aromatic N) is 1. The molecule has 30 heavy (non-hydrogen) atoms. The Morgan fingerprint density at radius 3 is 2.17 bits per heavy atom. The molecule has 0 spiro atoms. The average molecular weight is 422 g/mol. The summed E-state index contributed by atoms with van der Waals surface area (Å²) in [5, 5.41) is 14.1. The Labute approximate surface area is 183 Å². The van der Waals surface area contributed by atoms with Crippen molar-refractivity contribution in [2.45, 2.75) is 136 Å². The zero-order chi connectivity index (χ0) is 22.8. The van der Waals surface area contributed by atoms with Crippen LogP contribution in [0.15, 0.2) is 11.1 Å². The molecule has 1 aliphatic carbocycles. The average Bonchev–Trinajstić information content (AvgIpc) is 2.67. The van der Waals surface area contributed by atoms with Crippen molar-refractivity contribution < 1.29 is 20.0 Å². The van der Waals surface area contributed by atoms with Gasteiger partial charge in [0.05, 0.1) is 11.1 Å². The maximum atomic E-state index is 13.1. The second-order valence-electron chi connectivity index (χ2n) is 12.7. The predicted octanol–water partition coefficient (Wildman–Crippen LogP) is 4.50. The molecule has 2 fully saturated rings. The number of piperidine rings is 1. The Balaban J connectivity index is 1.83. The molecule has 0 unspecified atom stereocenters. The zero-order valence-corrected chi connectivity index (χ0v) is 20.8. The van der Waals surface area contributed by atoms with Gasteiger partial charge in [-0.3, -0.25) is 4.90 Å². The van der Waals surface area contributed by atoms with Gasteiger partial charge in [0.25, 0.3) is 0 Å². The molecule has 0 radical (unpaired) electrons. The third-order valence-electron chi connectivity index (χ3n) is 8.19. The van der Waals surface area contributed by atoms with Gasteiger partial charge in [-0.2, -0.15) is 0 Å². The fourth-order valence-electron chi connectivity index (χ4n) is 6.80. The largest absolute Gasteiger partial charge is 0.438 e. The van der Waals surface area contributed by atoms with Crippen molar-refractivity contribution in [2.75, 3.05) is 0 Å². The van der Waals surface area contributed by atoms with Crippen molar-refractivity contribution in [3.8, 4) is 0 Å². The highest BCUT2D eigenvalue weighted by molar-refractivity contribution is 5.72. The molecule has 0 aromatic heterocycles. The highest BCUT2D eigenvalue weighted by Gasteiger charge is 2.62. The van der Waals surface area contributed by atoms with E-state index in [2.05, 4.69) is 53.8 Å². The van der Waals surface area contributed by atoms with Gasteiger partial charge in [0.15, 0.2) is 11.3 Å². The first kappa shape index (κ1) is 23.6. The number of carbonyl (C=O) groups excluding carboxylic acids is 1. The third-order valence-corrected chi connectivity index (χ3v) is 8.19. The van der Waals surface area contributed by atoms with E-state index in [0.717, 1.165) is 25.7 Å². The molecule has 172 valence electrons. The van der Waals surface area contributed by atoms with Crippen LogP contribution in [0.25, 0.3) is 0 Å². The molecule has 0 saturated carbocycles. The van der Waals surface area contributed by atoms with Gasteiger partial charge in [-0.15, -0.1) is 0 Å². The number of rotatable bonds is 4. The van der Waals surface area contributed by atoms with Gasteiger partial charge in [-0.1, -0.05) is 25.0 Å². The Morgan fingerprint density at radius 2 is 1.63 bits per heavy atom. The van der Waals surface area contributed by atoms with E-state index in [0.29, 0.717) is 6.42 Å². The molecule has 3 N–H and O–H groups in total. The van der Waals surface area contributed by atoms with Gasteiger partial charge < -0.3 is 15.2 Å². The number of aliphatic hydroxyl groups is 1. The highest BCUT2D eigenvalue weighted by atomic mass is 16.6. The molecule has 3 rings (SSSR count). The van der Waals surface area contributed by atoms with Crippen LogP contribution in [0.2, 0.25) is 0 Å². The van der Waals surface area contributed by atoms with Crippen LogP contribution < -0.4 is 5.32 Å². The van der Waals surface area contributed by atoms with Gasteiger partial charge in [0.2, 0.25) is 0 Å². The van der Waals surface area contributed by atoms with Gasteiger partial charge in [-0.05, 0) is 86.0 Å². The molecular weight excluding hydrogens is 376 g/mol. The summed E-state index contributed by atoms with van der Waals surface area (Å²) in [6.07, 6.45) is 6.41. The molecule has 5 nitrogen and oxygen atoms in total. The summed E-state index contributed by atoms with van der Waals surface area (Å²) in [7, 11) is 0. The van der Waals surface area contributed by atoms with Crippen LogP contribution >= 0.6 is 0 Å². The minimum atomic E-state index is -1.33. The second-order valence-corrected chi connectivity index (χ2v) is 12.7. The van der Waals surface area contributed by atoms with E-state index in [9.17, 15) is 9.90 Å². The van der Waals surface area contributed by atoms with Gasteiger partial charge in [0, 0.05) is 18.9 Å². The maximum Gasteiger partial charge on any atom is 0.413 e. The highest BCUT2D eigenvalue weighted by Crippen LogP contribution is 2.48. The van der Waals surface area contributed by atoms with Crippen LogP contribution in [-0.4, -0.2) is 44.5 Å². The van der Waals surface area contributed by atoms with E-state index in [1.807, 2.05) is 6.92 Å². The summed E-state index contributed by atoms with van der Waals surface area (Å²) in [6, 6.07) is -0.0311. The van der Waals surface area contributed by atoms with Crippen LogP contribution in [0, 0.1) is 5.41 Å². The minimum Gasteiger partial charge on any atom is -0.438 e. The first-order valence-corrected chi connectivity index (χ1v) is 11.8. The molecule has 0 aromatic carbocycles. The maximum absolute atomic E-state index is 13.1. The number of cyclic esters (lactones) is 1. The number of amides is 1. The normalized spacial score (nSPS) is 36.2. The number of hydrogen-bond acceptors (Lipinski definition) is 3. The lowest BCUT2D eigenvalue weighted by Crippen LogP contribution is -3.06. The van der Waals surface area contributed by atoms with Crippen LogP contribution in [0.1, 0.15) is 107 Å². The number of hydrogen-bond donors (Lipinski definition) is 2. The first-order chi connectivity index (χ1) is 13.5. The topological polar surface area (TPSA) is 66.4 Å². The lowest BCUT2D eigenvalue weighted by Gasteiger charge is -2.48. The van der Waals surface area contributed by atoms with Crippen molar-refractivity contribution in [1.82, 2.24) is 4.90 Å². The number of ether oxygens (including phenoxy) is 1. The molecule has 2 atom stereocenters. The standard InChI is InChI=1S/C25H44N2O3/c1-17-11-10-13-21(2,3)19(17)12-14-24(8)25(9,29)27(20(28)30-24)18-15-22(4,5)26-23(6,7)16-18/h18,26,29H,10-16H2,1-9H3/p+1/t24-,25-/m1/s1. The van der Waals surface area contributed by atoms with Crippen molar-refractivity contribution in [3.05, 3.63) is 11.1 Å². The number of carbonyl (C=O) groups is 1. The quantitative estimate of drug-likeness (QED) is 0.657. The van der Waals surface area contributed by atoms with E-state index in [1.54, 1.807) is 11.8 Å². The number of nitrogens with two attached hydrogens (primary N) is 1. The van der Waals surface area contributed by atoms with E-state index >= 15 is 0 Å². The summed E-state index contributed by atoms with van der Waals surface area (Å²) in [5.74, 6) is 0. The van der Waals surface area contributed by atoms with Crippen molar-refractivity contribution in [1.29, 1.82) is 0 Å². The summed E-state index contributed by atoms with van der Waals surface area (Å²) >= 11 is 0. The molecular formula is C25H45N2O3+. The summed E-state index contributed by atoms with van der Waals surface area (Å²) in [4.78, 5) is 14.8. The van der Waals surface area contributed by atoms with E-state index in [-0.39, 0.29) is 28.6 Å². The Morgan fingerprint density at radius 1 is 1.07 bits per heavy atom. The van der Waals surface area contributed by atoms with Gasteiger partial charge >= 0.3 is 6.09 Å². The Bertz CT molecular complexity index is 719. The van der Waals surface area contributed by atoms with Crippen LogP contribution in [0.5, 0.6) is 0 Å². The molecule has 2 saturated heterocycles. The molecule has 3 aliphatic rings. The second kappa shape index (κ2) is 7.23. The zero-order valence-electron chi connectivity index (χ0n) is 20.8. The predicted molar refractivity (Wildman–Crippen MR) is 120 cm³/mol. The molecule has 2 heterocycles. The Hall–Kier alpha value is -1.07. The monoisotopic (exact) mass is 421 g/mol. The van der Waals surface area contributed by atoms with Crippen LogP contribution in [0.4, 0.5) is 4.79 Å². The van der Waals surface area contributed by atoms with Crippen molar-refractivity contribution in [3.63, 3.8) is 0 Å². The van der Waals surface area contributed by atoms with E-state index < -0.39 is 11.3 Å². The molecule has 2 aliphatic heterocycles. The summed E-state index contributed by atoms with van der Waals surface area (Å²) in [6.45, 7) is 19.5. The van der Waals surface area contributed by atoms with Gasteiger partial charge in [-0.25, -0.2) is 4.79 Å². The molecule has 1 amide bonds. The van der Waals surface area contributed by atoms with E-state index in [1.165, 1.54) is 24.0 Å². The van der Waals surface area contributed by atoms with Crippen molar-refractivity contribution >= 4 is 6.09 Å². The smallest absolute Gasteiger partial charge is 0.413 e. The van der Waals surface area contributed by atoms with Gasteiger partial charge in [0.1, 0.15) is 0 Å². The SMILES string of the molecule is CC1=C(CC[C@@]2(C)OC(=O)N(C3CC(C)(C)[NH2+]C(C)(C)C3)[C@]2(C)O)C(C)(C)CCC1. The molecule has 0 bridgehead atoms. The van der Waals surface area contributed by atoms with Crippen LogP contribution in [-0.2, 0) is 4.74 Å². The number of quaternary nitrogens is 1. The summed E-state index contributed by atoms with van der Waals surface area (Å²) < 4.78 is 5.96. The van der Waals surface area contributed by atoms with Crippen molar-refractivity contribution in [2.24, 2.45) is 5.41 Å². The van der Waals surface area contributed by atoms with E-state index in [4.69, 9.17) is 4.74 Å². The Kier molecular flexibility index (Phi) is 5.69. The third kappa shape index (κ3) is 4.17. The first-order valence-electron chi connectivity index (χ1n) is 11.8. The van der Waals surface area contributed by atoms with Crippen LogP contribution in [0.3, 0.4) is 0 Å². The lowest BCUT2D eigenvalue weighted by molar-refractivity contribution is -0.788.